The van der Waals surface area contributed by atoms with Crippen molar-refractivity contribution in [2.24, 2.45) is 0 Å². The summed E-state index contributed by atoms with van der Waals surface area (Å²) in [5.41, 5.74) is 2.12. The van der Waals surface area contributed by atoms with Gasteiger partial charge < -0.3 is 20.4 Å². The lowest BCUT2D eigenvalue weighted by molar-refractivity contribution is -0.121. The Bertz CT molecular complexity index is 1260. The number of aromatic nitrogens is 1. The molecule has 0 aliphatic carbocycles. The Labute approximate surface area is 165 Å². The summed E-state index contributed by atoms with van der Waals surface area (Å²) in [7, 11) is 0. The van der Waals surface area contributed by atoms with Gasteiger partial charge in [0, 0.05) is 28.4 Å². The van der Waals surface area contributed by atoms with Crippen molar-refractivity contribution in [3.8, 4) is 11.8 Å². The number of halogens is 1. The number of amides is 1. The number of nitrogens with zero attached hydrogens (tertiary/aromatic N) is 1. The Hall–Kier alpha value is -3.60. The van der Waals surface area contributed by atoms with E-state index in [9.17, 15) is 14.0 Å². The Kier molecular flexibility index (Phi) is 4.59. The lowest BCUT2D eigenvalue weighted by Crippen LogP contribution is -2.46. The van der Waals surface area contributed by atoms with Crippen molar-refractivity contribution in [1.29, 1.82) is 5.26 Å². The van der Waals surface area contributed by atoms with E-state index in [4.69, 9.17) is 10.00 Å². The highest BCUT2D eigenvalue weighted by Crippen LogP contribution is 2.35. The number of fused-ring (bicyclic) bond motifs is 2. The van der Waals surface area contributed by atoms with Crippen LogP contribution >= 0.6 is 0 Å². The molecule has 2 aromatic rings. The third kappa shape index (κ3) is 3.25. The first-order valence-electron chi connectivity index (χ1n) is 9.21. The molecule has 3 N–H and O–H groups in total. The predicted octanol–water partition coefficient (Wildman–Crippen LogP) is -0.00170. The van der Waals surface area contributed by atoms with Crippen LogP contribution < -0.4 is 31.5 Å². The van der Waals surface area contributed by atoms with E-state index in [0.717, 1.165) is 27.9 Å². The zero-order chi connectivity index (χ0) is 20.7. The van der Waals surface area contributed by atoms with Gasteiger partial charge in [0.15, 0.2) is 0 Å². The summed E-state index contributed by atoms with van der Waals surface area (Å²) in [5.74, 6) is -0.757. The quantitative estimate of drug-likeness (QED) is 0.679. The second-order valence-corrected chi connectivity index (χ2v) is 7.15. The zero-order valence-corrected chi connectivity index (χ0v) is 16.0. The van der Waals surface area contributed by atoms with E-state index in [1.165, 1.54) is 6.07 Å². The number of H-pyrrole nitrogens is 1. The van der Waals surface area contributed by atoms with E-state index < -0.39 is 17.8 Å². The molecular formula is C21H19FN4O3. The van der Waals surface area contributed by atoms with Crippen molar-refractivity contribution < 1.29 is 13.9 Å². The molecule has 7 nitrogen and oxygen atoms in total. The molecule has 8 heteroatoms. The van der Waals surface area contributed by atoms with Gasteiger partial charge in [-0.05, 0) is 37.6 Å². The first-order valence-corrected chi connectivity index (χ1v) is 9.21. The molecule has 4 rings (SSSR count). The average Bonchev–Trinajstić information content (AvgIpc) is 3.08. The fraction of sp³-hybridized carbons (Fsp3) is 0.286. The highest BCUT2D eigenvalue weighted by Gasteiger charge is 2.30. The van der Waals surface area contributed by atoms with Crippen LogP contribution in [0.4, 0.5) is 4.39 Å². The number of ether oxygens (including phenoxy) is 1. The molecule has 0 bridgehead atoms. The second-order valence-electron chi connectivity index (χ2n) is 7.15. The van der Waals surface area contributed by atoms with E-state index in [-0.39, 0.29) is 35.5 Å². The summed E-state index contributed by atoms with van der Waals surface area (Å²) in [6.45, 7) is 4.44. The monoisotopic (exact) mass is 394 g/mol. The molecule has 0 unspecified atom stereocenters. The fourth-order valence-electron chi connectivity index (χ4n) is 3.92. The number of hydrogen-bond acceptors (Lipinski definition) is 5. The van der Waals surface area contributed by atoms with Gasteiger partial charge in [-0.2, -0.15) is 5.26 Å². The minimum Gasteiger partial charge on any atom is -0.491 e. The first kappa shape index (κ1) is 18.7. The van der Waals surface area contributed by atoms with E-state index in [1.54, 1.807) is 0 Å². The average molecular weight is 394 g/mol. The molecule has 1 atom stereocenters. The lowest BCUT2D eigenvalue weighted by atomic mass is 10.0. The SMILES string of the molecule is CC1=c2c(C)c(CC(=O)N[C@@H]3COc4cc(C#N)cc(F)c43)c(=O)[nH]c2=CCN1. The zero-order valence-electron chi connectivity index (χ0n) is 16.0. The molecule has 29 heavy (non-hydrogen) atoms. The van der Waals surface area contributed by atoms with E-state index in [2.05, 4.69) is 15.6 Å². The summed E-state index contributed by atoms with van der Waals surface area (Å²) >= 11 is 0. The highest BCUT2D eigenvalue weighted by atomic mass is 19.1. The molecule has 2 aliphatic heterocycles. The maximum Gasteiger partial charge on any atom is 0.252 e. The molecule has 3 heterocycles. The molecule has 1 aromatic carbocycles. The van der Waals surface area contributed by atoms with Crippen LogP contribution in [-0.4, -0.2) is 24.0 Å². The number of benzene rings is 1. The van der Waals surface area contributed by atoms with Crippen molar-refractivity contribution in [1.82, 2.24) is 15.6 Å². The largest absolute Gasteiger partial charge is 0.491 e. The topological polar surface area (TPSA) is 107 Å². The predicted molar refractivity (Wildman–Crippen MR) is 104 cm³/mol. The van der Waals surface area contributed by atoms with Crippen LogP contribution in [0, 0.1) is 24.1 Å². The molecule has 1 aromatic heterocycles. The standard InChI is InChI=1S/C21H19FN4O3/c1-10-13(21(28)26-15-3-4-24-11(2)19(10)15)7-18(27)25-16-9-29-17-6-12(8-23)5-14(22)20(16)17/h3,5-6,16,24H,4,7,9H2,1-2H3,(H,25,27)(H,26,28)/t16-/m1/s1. The van der Waals surface area contributed by atoms with Gasteiger partial charge in [-0.3, -0.25) is 9.59 Å². The van der Waals surface area contributed by atoms with Crippen molar-refractivity contribution in [3.05, 3.63) is 61.1 Å². The van der Waals surface area contributed by atoms with Gasteiger partial charge in [0.2, 0.25) is 5.91 Å². The summed E-state index contributed by atoms with van der Waals surface area (Å²) in [5, 5.41) is 16.5. The summed E-state index contributed by atoms with van der Waals surface area (Å²) in [6, 6.07) is 3.76. The van der Waals surface area contributed by atoms with Gasteiger partial charge in [0.05, 0.1) is 29.7 Å². The number of nitriles is 1. The molecule has 0 saturated heterocycles. The van der Waals surface area contributed by atoms with Crippen LogP contribution in [-0.2, 0) is 11.2 Å². The van der Waals surface area contributed by atoms with Crippen molar-refractivity contribution in [2.75, 3.05) is 13.2 Å². The number of aromatic amines is 1. The molecule has 0 spiro atoms. The third-order valence-electron chi connectivity index (χ3n) is 5.31. The highest BCUT2D eigenvalue weighted by molar-refractivity contribution is 5.79. The molecule has 148 valence electrons. The van der Waals surface area contributed by atoms with Crippen molar-refractivity contribution in [3.63, 3.8) is 0 Å². The Morgan fingerprint density at radius 2 is 2.21 bits per heavy atom. The van der Waals surface area contributed by atoms with Gasteiger partial charge in [-0.15, -0.1) is 0 Å². The van der Waals surface area contributed by atoms with Gasteiger partial charge in [0.25, 0.3) is 5.56 Å². The number of pyridine rings is 1. The van der Waals surface area contributed by atoms with Gasteiger partial charge in [0.1, 0.15) is 18.2 Å². The molecule has 0 saturated carbocycles. The van der Waals surface area contributed by atoms with Crippen molar-refractivity contribution >= 4 is 17.7 Å². The normalized spacial score (nSPS) is 16.6. The summed E-state index contributed by atoms with van der Waals surface area (Å²) in [6.07, 6.45) is 1.76. The molecule has 0 fully saturated rings. The maximum absolute atomic E-state index is 14.4. The van der Waals surface area contributed by atoms with Crippen LogP contribution in [0.1, 0.15) is 35.2 Å². The maximum atomic E-state index is 14.4. The number of hydrogen-bond donors (Lipinski definition) is 3. The van der Waals surface area contributed by atoms with E-state index >= 15 is 0 Å². The van der Waals surface area contributed by atoms with Crippen LogP contribution in [0.2, 0.25) is 0 Å². The van der Waals surface area contributed by atoms with Crippen LogP contribution in [0.3, 0.4) is 0 Å². The molecule has 0 radical (unpaired) electrons. The minimum atomic E-state index is -0.675. The Morgan fingerprint density at radius 1 is 1.41 bits per heavy atom. The molecule has 1 amide bonds. The van der Waals surface area contributed by atoms with Gasteiger partial charge >= 0.3 is 0 Å². The van der Waals surface area contributed by atoms with Crippen LogP contribution in [0.25, 0.3) is 11.8 Å². The second kappa shape index (κ2) is 7.09. The first-order chi connectivity index (χ1) is 13.9. The van der Waals surface area contributed by atoms with Crippen LogP contribution in [0.15, 0.2) is 16.9 Å². The number of carbonyl (C=O) groups is 1. The molecular weight excluding hydrogens is 375 g/mol. The fourth-order valence-corrected chi connectivity index (χ4v) is 3.92. The molecule has 2 aliphatic rings. The van der Waals surface area contributed by atoms with Gasteiger partial charge in [-0.25, -0.2) is 4.39 Å². The van der Waals surface area contributed by atoms with Crippen molar-refractivity contribution in [2.45, 2.75) is 26.3 Å². The lowest BCUT2D eigenvalue weighted by Gasteiger charge is -2.15. The van der Waals surface area contributed by atoms with Crippen LogP contribution in [0.5, 0.6) is 5.75 Å². The van der Waals surface area contributed by atoms with Gasteiger partial charge in [-0.1, -0.05) is 0 Å². The number of rotatable bonds is 3. The van der Waals surface area contributed by atoms with E-state index in [0.29, 0.717) is 12.1 Å². The third-order valence-corrected chi connectivity index (χ3v) is 5.31. The minimum absolute atomic E-state index is 0.0676. The Balaban J connectivity index is 1.61. The number of nitrogens with one attached hydrogen (secondary N) is 3. The Morgan fingerprint density at radius 3 is 2.97 bits per heavy atom. The summed E-state index contributed by atoms with van der Waals surface area (Å²) < 4.78 is 19.8. The summed E-state index contributed by atoms with van der Waals surface area (Å²) in [4.78, 5) is 28.0. The number of carbonyl (C=O) groups excluding carboxylic acids is 1. The smallest absolute Gasteiger partial charge is 0.252 e. The van der Waals surface area contributed by atoms with E-state index in [1.807, 2.05) is 26.0 Å².